The smallest absolute Gasteiger partial charge is 0.254 e. The molecule has 0 radical (unpaired) electrons. The fourth-order valence-corrected chi connectivity index (χ4v) is 7.00. The number of thiophene rings is 1. The van der Waals surface area contributed by atoms with E-state index >= 15 is 0 Å². The molecule has 0 saturated carbocycles. The topological polar surface area (TPSA) is 74.3 Å². The molecule has 0 fully saturated rings. The lowest BCUT2D eigenvalue weighted by atomic mass is 10.1. The summed E-state index contributed by atoms with van der Waals surface area (Å²) in [5.41, 5.74) is 1.41. The number of sulfonamides is 1. The van der Waals surface area contributed by atoms with E-state index in [4.69, 9.17) is 18.9 Å². The first kappa shape index (κ1) is 24.4. The van der Waals surface area contributed by atoms with E-state index in [1.807, 2.05) is 0 Å². The van der Waals surface area contributed by atoms with Crippen LogP contribution in [0.3, 0.4) is 0 Å². The molecule has 0 spiro atoms. The molecule has 1 heterocycles. The summed E-state index contributed by atoms with van der Waals surface area (Å²) < 4.78 is 51.0. The highest BCUT2D eigenvalue weighted by Gasteiger charge is 2.30. The monoisotopic (exact) mass is 541 g/mol. The fourth-order valence-electron chi connectivity index (χ4n) is 3.15. The van der Waals surface area contributed by atoms with E-state index in [1.54, 1.807) is 76.3 Å². The van der Waals surface area contributed by atoms with Gasteiger partial charge in [0.25, 0.3) is 10.0 Å². The molecule has 32 heavy (non-hydrogen) atoms. The molecular formula is C22H24BrNO6S2. The second-order valence-electron chi connectivity index (χ2n) is 6.68. The highest BCUT2D eigenvalue weighted by Crippen LogP contribution is 2.35. The normalized spacial score (nSPS) is 11.4. The van der Waals surface area contributed by atoms with Crippen molar-refractivity contribution in [3.8, 4) is 23.0 Å². The molecule has 0 atom stereocenters. The Morgan fingerprint density at radius 2 is 1.31 bits per heavy atom. The second kappa shape index (κ2) is 10.6. The maximum atomic E-state index is 13.6. The zero-order chi connectivity index (χ0) is 23.3. The van der Waals surface area contributed by atoms with E-state index in [1.165, 1.54) is 4.31 Å². The van der Waals surface area contributed by atoms with Gasteiger partial charge in [-0.2, -0.15) is 4.31 Å². The van der Waals surface area contributed by atoms with Crippen LogP contribution in [0.15, 0.2) is 56.5 Å². The Labute approximate surface area is 200 Å². The molecule has 0 aliphatic heterocycles. The van der Waals surface area contributed by atoms with Gasteiger partial charge in [0, 0.05) is 40.8 Å². The first-order valence-corrected chi connectivity index (χ1v) is 12.6. The van der Waals surface area contributed by atoms with Gasteiger partial charge in [-0.05, 0) is 39.5 Å². The molecule has 10 heteroatoms. The maximum absolute atomic E-state index is 13.6. The van der Waals surface area contributed by atoms with Gasteiger partial charge < -0.3 is 18.9 Å². The third-order valence-electron chi connectivity index (χ3n) is 4.84. The molecule has 3 rings (SSSR count). The van der Waals surface area contributed by atoms with E-state index in [2.05, 4.69) is 15.9 Å². The Bertz CT molecular complexity index is 1120. The minimum atomic E-state index is -3.83. The number of halogens is 1. The number of ether oxygens (including phenoxy) is 4. The van der Waals surface area contributed by atoms with Crippen molar-refractivity contribution in [1.29, 1.82) is 0 Å². The minimum absolute atomic E-state index is 0.0923. The lowest BCUT2D eigenvalue weighted by molar-refractivity contribution is 0.358. The fraction of sp³-hybridized carbons (Fsp3) is 0.273. The molecular weight excluding hydrogens is 518 g/mol. The molecule has 0 aliphatic rings. The van der Waals surface area contributed by atoms with Crippen LogP contribution >= 0.6 is 27.3 Å². The van der Waals surface area contributed by atoms with Crippen LogP contribution in [0.25, 0.3) is 0 Å². The Balaban J connectivity index is 2.06. The number of hydrogen-bond donors (Lipinski definition) is 0. The molecule has 172 valence electrons. The molecule has 0 N–H and O–H groups in total. The van der Waals surface area contributed by atoms with Crippen molar-refractivity contribution in [2.45, 2.75) is 17.3 Å². The third-order valence-corrected chi connectivity index (χ3v) is 9.28. The van der Waals surface area contributed by atoms with Gasteiger partial charge in [0.15, 0.2) is 0 Å². The Morgan fingerprint density at radius 3 is 1.69 bits per heavy atom. The molecule has 0 unspecified atom stereocenters. The van der Waals surface area contributed by atoms with Gasteiger partial charge in [0.1, 0.15) is 27.2 Å². The summed E-state index contributed by atoms with van der Waals surface area (Å²) in [5, 5.41) is 1.73. The van der Waals surface area contributed by atoms with Gasteiger partial charge >= 0.3 is 0 Å². The van der Waals surface area contributed by atoms with Gasteiger partial charge in [-0.25, -0.2) is 8.42 Å². The molecule has 0 aliphatic carbocycles. The van der Waals surface area contributed by atoms with Crippen LogP contribution in [0, 0.1) is 0 Å². The summed E-state index contributed by atoms with van der Waals surface area (Å²) in [6.07, 6.45) is 0. The van der Waals surface area contributed by atoms with E-state index in [0.717, 1.165) is 11.3 Å². The lowest BCUT2D eigenvalue weighted by Crippen LogP contribution is -2.30. The number of benzene rings is 2. The lowest BCUT2D eigenvalue weighted by Gasteiger charge is -2.24. The van der Waals surface area contributed by atoms with E-state index < -0.39 is 10.0 Å². The molecule has 1 aromatic heterocycles. The van der Waals surface area contributed by atoms with Crippen LogP contribution in [0.5, 0.6) is 23.0 Å². The average molecular weight is 542 g/mol. The van der Waals surface area contributed by atoms with Crippen molar-refractivity contribution in [1.82, 2.24) is 4.31 Å². The summed E-state index contributed by atoms with van der Waals surface area (Å²) in [4.78, 5) is 0. The summed E-state index contributed by atoms with van der Waals surface area (Å²) in [5.74, 6) is 2.32. The average Bonchev–Trinajstić information content (AvgIpc) is 3.25. The first-order chi connectivity index (χ1) is 15.3. The Hall–Kier alpha value is -2.27. The van der Waals surface area contributed by atoms with Crippen LogP contribution in [-0.2, 0) is 23.1 Å². The van der Waals surface area contributed by atoms with Gasteiger partial charge in [-0.15, -0.1) is 11.3 Å². The molecule has 0 bridgehead atoms. The quantitative estimate of drug-likeness (QED) is 0.362. The van der Waals surface area contributed by atoms with E-state index in [-0.39, 0.29) is 17.3 Å². The predicted octanol–water partition coefficient (Wildman–Crippen LogP) is 4.94. The van der Waals surface area contributed by atoms with Crippen molar-refractivity contribution >= 4 is 37.3 Å². The van der Waals surface area contributed by atoms with E-state index in [9.17, 15) is 8.42 Å². The third kappa shape index (κ3) is 5.20. The largest absolute Gasteiger partial charge is 0.497 e. The van der Waals surface area contributed by atoms with Gasteiger partial charge in [-0.3, -0.25) is 0 Å². The van der Waals surface area contributed by atoms with Crippen LogP contribution in [0.1, 0.15) is 11.1 Å². The SMILES string of the molecule is COc1ccc(CN(Cc2ccc(OC)cc2OC)S(=O)(=O)c2sccc2Br)c(OC)c1. The second-order valence-corrected chi connectivity index (χ2v) is 10.6. The summed E-state index contributed by atoms with van der Waals surface area (Å²) in [6.45, 7) is 0.185. The van der Waals surface area contributed by atoms with Crippen LogP contribution < -0.4 is 18.9 Å². The molecule has 2 aromatic carbocycles. The van der Waals surface area contributed by atoms with Gasteiger partial charge in [0.05, 0.1) is 28.4 Å². The van der Waals surface area contributed by atoms with Crippen LogP contribution in [0.4, 0.5) is 0 Å². The number of methoxy groups -OCH3 is 4. The number of hydrogen-bond acceptors (Lipinski definition) is 7. The molecule has 3 aromatic rings. The zero-order valence-electron chi connectivity index (χ0n) is 18.1. The highest BCUT2D eigenvalue weighted by atomic mass is 79.9. The van der Waals surface area contributed by atoms with Crippen molar-refractivity contribution in [2.24, 2.45) is 0 Å². The minimum Gasteiger partial charge on any atom is -0.497 e. The van der Waals surface area contributed by atoms with Gasteiger partial charge in [0.2, 0.25) is 0 Å². The van der Waals surface area contributed by atoms with Crippen LogP contribution in [-0.4, -0.2) is 41.2 Å². The maximum Gasteiger partial charge on any atom is 0.254 e. The zero-order valence-corrected chi connectivity index (χ0v) is 21.3. The Kier molecular flexibility index (Phi) is 8.05. The van der Waals surface area contributed by atoms with Crippen LogP contribution in [0.2, 0.25) is 0 Å². The number of rotatable bonds is 10. The predicted molar refractivity (Wildman–Crippen MR) is 128 cm³/mol. The summed E-state index contributed by atoms with van der Waals surface area (Å²) in [6, 6.07) is 12.3. The van der Waals surface area contributed by atoms with Crippen molar-refractivity contribution in [3.05, 3.63) is 63.4 Å². The van der Waals surface area contributed by atoms with Gasteiger partial charge in [-0.1, -0.05) is 12.1 Å². The Morgan fingerprint density at radius 1 is 0.812 bits per heavy atom. The van der Waals surface area contributed by atoms with Crippen molar-refractivity contribution in [2.75, 3.05) is 28.4 Å². The van der Waals surface area contributed by atoms with E-state index in [0.29, 0.717) is 38.6 Å². The molecule has 7 nitrogen and oxygen atoms in total. The summed E-state index contributed by atoms with van der Waals surface area (Å²) in [7, 11) is 2.38. The molecule has 0 amide bonds. The standard InChI is InChI=1S/C22H24BrNO6S2/c1-27-17-7-5-15(20(11-17)29-3)13-24(32(25,26)22-19(23)9-10-31-22)14-16-6-8-18(28-2)12-21(16)30-4/h5-12H,13-14H2,1-4H3. The first-order valence-electron chi connectivity index (χ1n) is 9.49. The highest BCUT2D eigenvalue weighted by molar-refractivity contribution is 9.10. The number of nitrogens with zero attached hydrogens (tertiary/aromatic N) is 1. The van der Waals surface area contributed by atoms with Crippen molar-refractivity contribution < 1.29 is 27.4 Å². The van der Waals surface area contributed by atoms with Crippen molar-refractivity contribution in [3.63, 3.8) is 0 Å². The molecule has 0 saturated heterocycles. The summed E-state index contributed by atoms with van der Waals surface area (Å²) >= 11 is 4.52.